The van der Waals surface area contributed by atoms with Crippen LogP contribution in [0.4, 0.5) is 16.2 Å². The zero-order valence-corrected chi connectivity index (χ0v) is 12.2. The van der Waals surface area contributed by atoms with E-state index in [4.69, 9.17) is 44.9 Å². The molecule has 21 heavy (non-hydrogen) atoms. The molecule has 2 aromatic carbocycles. The van der Waals surface area contributed by atoms with Crippen LogP contribution in [-0.2, 0) is 0 Å². The summed E-state index contributed by atoms with van der Waals surface area (Å²) in [4.78, 5) is 10.4. The van der Waals surface area contributed by atoms with E-state index >= 15 is 0 Å². The molecule has 6 nitrogen and oxygen atoms in total. The number of phenols is 2. The van der Waals surface area contributed by atoms with Crippen molar-refractivity contribution in [3.05, 3.63) is 46.4 Å². The molecule has 8 heteroatoms. The maximum Gasteiger partial charge on any atom is 0.316 e. The van der Waals surface area contributed by atoms with Crippen LogP contribution < -0.4 is 16.8 Å². The summed E-state index contributed by atoms with van der Waals surface area (Å²) in [6.45, 7) is 0. The van der Waals surface area contributed by atoms with Gasteiger partial charge in [-0.2, -0.15) is 0 Å². The van der Waals surface area contributed by atoms with Gasteiger partial charge in [0.2, 0.25) is 0 Å². The molecule has 0 heterocycles. The maximum atomic E-state index is 10.4. The molecule has 0 aromatic heterocycles. The van der Waals surface area contributed by atoms with Gasteiger partial charge < -0.3 is 27.0 Å². The third-order valence-electron chi connectivity index (χ3n) is 2.21. The molecule has 2 rings (SSSR count). The van der Waals surface area contributed by atoms with Crippen LogP contribution in [0.3, 0.4) is 0 Å². The lowest BCUT2D eigenvalue weighted by atomic mass is 10.3. The van der Waals surface area contributed by atoms with E-state index in [-0.39, 0.29) is 17.2 Å². The van der Waals surface area contributed by atoms with Crippen molar-refractivity contribution in [2.24, 2.45) is 5.73 Å². The second kappa shape index (κ2) is 7.47. The van der Waals surface area contributed by atoms with E-state index in [1.165, 1.54) is 30.3 Å². The summed E-state index contributed by atoms with van der Waals surface area (Å²) in [6.07, 6.45) is 0. The molecule has 7 N–H and O–H groups in total. The number of halogens is 2. The largest absolute Gasteiger partial charge is 0.506 e. The van der Waals surface area contributed by atoms with Crippen LogP contribution in [-0.4, -0.2) is 16.2 Å². The summed E-state index contributed by atoms with van der Waals surface area (Å²) in [5.74, 6) is -0.00222. The molecule has 0 fully saturated rings. The second-order valence-electron chi connectivity index (χ2n) is 3.85. The first-order valence-corrected chi connectivity index (χ1v) is 6.34. The number of amides is 2. The first-order valence-electron chi connectivity index (χ1n) is 5.58. The number of nitrogens with two attached hydrogens (primary N) is 2. The van der Waals surface area contributed by atoms with Gasteiger partial charge in [0.1, 0.15) is 11.5 Å². The van der Waals surface area contributed by atoms with Crippen molar-refractivity contribution in [3.63, 3.8) is 0 Å². The number of rotatable bonds is 1. The minimum Gasteiger partial charge on any atom is -0.506 e. The molecule has 0 saturated carbocycles. The average molecular weight is 330 g/mol. The highest BCUT2D eigenvalue weighted by atomic mass is 35.5. The zero-order valence-electron chi connectivity index (χ0n) is 10.7. The fraction of sp³-hybridized carbons (Fsp3) is 0. The Morgan fingerprint density at radius 3 is 2.00 bits per heavy atom. The predicted molar refractivity (Wildman–Crippen MR) is 83.9 cm³/mol. The molecule has 0 saturated heterocycles. The molecule has 0 aliphatic heterocycles. The van der Waals surface area contributed by atoms with Gasteiger partial charge >= 0.3 is 6.03 Å². The lowest BCUT2D eigenvalue weighted by molar-refractivity contribution is 0.259. The Morgan fingerprint density at radius 2 is 1.52 bits per heavy atom. The van der Waals surface area contributed by atoms with Gasteiger partial charge in [-0.05, 0) is 36.4 Å². The number of anilines is 2. The van der Waals surface area contributed by atoms with Crippen LogP contribution >= 0.6 is 23.2 Å². The third kappa shape index (κ3) is 5.68. The minimum atomic E-state index is -0.743. The number of nitrogens with one attached hydrogen (secondary N) is 1. The van der Waals surface area contributed by atoms with E-state index in [9.17, 15) is 4.79 Å². The monoisotopic (exact) mass is 329 g/mol. The Kier molecular flexibility index (Phi) is 5.95. The number of primary amides is 1. The number of carbonyl (C=O) groups is 1. The van der Waals surface area contributed by atoms with Gasteiger partial charge in [-0.1, -0.05) is 23.2 Å². The lowest BCUT2D eigenvalue weighted by Gasteiger charge is -2.03. The van der Waals surface area contributed by atoms with Crippen LogP contribution in [0.15, 0.2) is 36.4 Å². The number of phenolic OH excluding ortho intramolecular Hbond substituents is 2. The Bertz CT molecular complexity index is 651. The highest BCUT2D eigenvalue weighted by molar-refractivity contribution is 6.31. The van der Waals surface area contributed by atoms with Crippen LogP contribution in [0.2, 0.25) is 10.0 Å². The smallest absolute Gasteiger partial charge is 0.316 e. The van der Waals surface area contributed by atoms with E-state index in [1.54, 1.807) is 6.07 Å². The summed E-state index contributed by atoms with van der Waals surface area (Å²) >= 11 is 11.1. The Morgan fingerprint density at radius 1 is 1.00 bits per heavy atom. The van der Waals surface area contributed by atoms with E-state index in [0.29, 0.717) is 15.7 Å². The second-order valence-corrected chi connectivity index (χ2v) is 4.73. The molecule has 2 amide bonds. The van der Waals surface area contributed by atoms with Crippen molar-refractivity contribution in [3.8, 4) is 11.5 Å². The maximum absolute atomic E-state index is 10.4. The van der Waals surface area contributed by atoms with Crippen molar-refractivity contribution >= 4 is 40.6 Å². The number of hydrogen-bond acceptors (Lipinski definition) is 4. The number of aromatic hydroxyl groups is 2. The molecule has 0 unspecified atom stereocenters. The van der Waals surface area contributed by atoms with Crippen molar-refractivity contribution in [1.29, 1.82) is 0 Å². The van der Waals surface area contributed by atoms with E-state index < -0.39 is 6.03 Å². The summed E-state index contributed by atoms with van der Waals surface area (Å²) in [6, 6.07) is 8.06. The van der Waals surface area contributed by atoms with Crippen molar-refractivity contribution in [2.75, 3.05) is 11.1 Å². The van der Waals surface area contributed by atoms with Crippen LogP contribution in [0.5, 0.6) is 11.5 Å². The molecule has 2 aromatic rings. The predicted octanol–water partition coefficient (Wildman–Crippen LogP) is 3.16. The topological polar surface area (TPSA) is 122 Å². The van der Waals surface area contributed by atoms with E-state index in [2.05, 4.69) is 5.32 Å². The fourth-order valence-electron chi connectivity index (χ4n) is 1.27. The summed E-state index contributed by atoms with van der Waals surface area (Å²) < 4.78 is 0. The molecule has 0 radical (unpaired) electrons. The quantitative estimate of drug-likeness (QED) is 0.407. The van der Waals surface area contributed by atoms with Crippen molar-refractivity contribution in [1.82, 2.24) is 0 Å². The molecule has 0 bridgehead atoms. The van der Waals surface area contributed by atoms with Gasteiger partial charge in [-0.15, -0.1) is 0 Å². The third-order valence-corrected chi connectivity index (χ3v) is 2.68. The molecule has 0 spiro atoms. The lowest BCUT2D eigenvalue weighted by Crippen LogP contribution is -2.19. The minimum absolute atomic E-state index is 0.0689. The highest BCUT2D eigenvalue weighted by Gasteiger charge is 2.02. The number of urea groups is 1. The van der Waals surface area contributed by atoms with Crippen LogP contribution in [0, 0.1) is 0 Å². The Balaban J connectivity index is 0.000000219. The first kappa shape index (κ1) is 16.7. The number of carbonyl (C=O) groups excluding carboxylic acids is 1. The Hall–Kier alpha value is -2.31. The number of nitrogen functional groups attached to an aromatic ring is 1. The Labute approximate surface area is 130 Å². The van der Waals surface area contributed by atoms with Gasteiger partial charge in [0.15, 0.2) is 0 Å². The standard InChI is InChI=1S/C7H7ClN2O2.C6H6ClNO/c8-4-1-2-6(11)5(3-4)10-7(9)12;7-4-1-2-6(9)5(8)3-4/h1-3,11H,(H3,9,10,12);1-3,9H,8H2. The molecular formula is C13H13Cl2N3O3. The van der Waals surface area contributed by atoms with Crippen molar-refractivity contribution in [2.45, 2.75) is 0 Å². The fourth-order valence-corrected chi connectivity index (χ4v) is 1.62. The summed E-state index contributed by atoms with van der Waals surface area (Å²) in [5, 5.41) is 21.2. The summed E-state index contributed by atoms with van der Waals surface area (Å²) in [5.41, 5.74) is 10.6. The molecule has 0 aliphatic carbocycles. The van der Waals surface area contributed by atoms with E-state index in [0.717, 1.165) is 0 Å². The van der Waals surface area contributed by atoms with Crippen LogP contribution in [0.25, 0.3) is 0 Å². The molecular weight excluding hydrogens is 317 g/mol. The van der Waals surface area contributed by atoms with Gasteiger partial charge in [-0.25, -0.2) is 4.79 Å². The summed E-state index contributed by atoms with van der Waals surface area (Å²) in [7, 11) is 0. The van der Waals surface area contributed by atoms with Gasteiger partial charge in [0, 0.05) is 10.0 Å². The number of benzene rings is 2. The highest BCUT2D eigenvalue weighted by Crippen LogP contribution is 2.26. The SMILES string of the molecule is NC(=O)Nc1cc(Cl)ccc1O.Nc1cc(Cl)ccc1O. The van der Waals surface area contributed by atoms with Crippen LogP contribution in [0.1, 0.15) is 0 Å². The van der Waals surface area contributed by atoms with Gasteiger partial charge in [0.25, 0.3) is 0 Å². The van der Waals surface area contributed by atoms with Gasteiger partial charge in [-0.3, -0.25) is 0 Å². The zero-order chi connectivity index (χ0) is 16.0. The average Bonchev–Trinajstić information content (AvgIpc) is 2.39. The van der Waals surface area contributed by atoms with Crippen molar-refractivity contribution < 1.29 is 15.0 Å². The first-order chi connectivity index (χ1) is 9.79. The van der Waals surface area contributed by atoms with Gasteiger partial charge in [0.05, 0.1) is 11.4 Å². The normalized spacial score (nSPS) is 9.43. The molecule has 0 aliphatic rings. The molecule has 0 atom stereocenters. The molecule has 112 valence electrons. The number of hydrogen-bond donors (Lipinski definition) is 5. The van der Waals surface area contributed by atoms with E-state index in [1.807, 2.05) is 0 Å².